The number of carbonyl (C=O) groups is 1. The number of nitrogens with one attached hydrogen (secondary N) is 2. The van der Waals surface area contributed by atoms with Gasteiger partial charge in [0.15, 0.2) is 6.04 Å². The molecule has 0 unspecified atom stereocenters. The summed E-state index contributed by atoms with van der Waals surface area (Å²) in [7, 11) is 0. The van der Waals surface area contributed by atoms with Crippen LogP contribution in [0.15, 0.2) is 48.5 Å². The van der Waals surface area contributed by atoms with Gasteiger partial charge in [0, 0.05) is 24.1 Å². The minimum absolute atomic E-state index is 0.0955. The summed E-state index contributed by atoms with van der Waals surface area (Å²) in [6.07, 6.45) is 2.41. The Kier molecular flexibility index (Phi) is 4.77. The fraction of sp³-hybridized carbons (Fsp3) is 0.350. The van der Waals surface area contributed by atoms with Crippen LogP contribution in [0.1, 0.15) is 35.6 Å². The monoisotopic (exact) mass is 309 g/mol. The van der Waals surface area contributed by atoms with Crippen LogP contribution in [0.2, 0.25) is 0 Å². The number of hydrogen-bond acceptors (Lipinski definition) is 1. The van der Waals surface area contributed by atoms with Crippen molar-refractivity contribution >= 4 is 11.6 Å². The topological polar surface area (TPSA) is 33.5 Å². The van der Waals surface area contributed by atoms with Crippen LogP contribution in [0.3, 0.4) is 0 Å². The zero-order valence-electron chi connectivity index (χ0n) is 13.9. The van der Waals surface area contributed by atoms with Gasteiger partial charge in [0.2, 0.25) is 0 Å². The fourth-order valence-electron chi connectivity index (χ4n) is 3.60. The summed E-state index contributed by atoms with van der Waals surface area (Å²) in [4.78, 5) is 14.4. The molecule has 120 valence electrons. The number of benzene rings is 2. The van der Waals surface area contributed by atoms with E-state index in [0.29, 0.717) is 0 Å². The molecule has 0 spiro atoms. The molecular formula is C20H25N2O+. The lowest BCUT2D eigenvalue weighted by molar-refractivity contribution is -0.909. The van der Waals surface area contributed by atoms with Gasteiger partial charge in [0.25, 0.3) is 5.91 Å². The van der Waals surface area contributed by atoms with Gasteiger partial charge in [-0.15, -0.1) is 0 Å². The molecule has 1 saturated heterocycles. The van der Waals surface area contributed by atoms with Gasteiger partial charge in [-0.25, -0.2) is 0 Å². The summed E-state index contributed by atoms with van der Waals surface area (Å²) in [5.74, 6) is 0.0955. The van der Waals surface area contributed by atoms with Crippen molar-refractivity contribution in [3.05, 3.63) is 65.2 Å². The zero-order chi connectivity index (χ0) is 16.2. The first-order valence-corrected chi connectivity index (χ1v) is 8.42. The van der Waals surface area contributed by atoms with Crippen LogP contribution in [0, 0.1) is 13.8 Å². The second-order valence-electron chi connectivity index (χ2n) is 6.57. The van der Waals surface area contributed by atoms with Gasteiger partial charge in [0.1, 0.15) is 0 Å². The molecule has 1 heterocycles. The number of hydrogen-bond donors (Lipinski definition) is 2. The van der Waals surface area contributed by atoms with Crippen LogP contribution in [-0.4, -0.2) is 19.0 Å². The van der Waals surface area contributed by atoms with Crippen molar-refractivity contribution < 1.29 is 9.69 Å². The molecular weight excluding hydrogens is 284 g/mol. The standard InChI is InChI=1S/C20H24N2O/c1-15-12-16(2)14-18(13-15)21-20(23)19(22-10-6-7-11-22)17-8-4-3-5-9-17/h3-5,8-9,12-14,19H,6-7,10-11H2,1-2H3,(H,21,23)/p+1/t19-/m1/s1. The highest BCUT2D eigenvalue weighted by Gasteiger charge is 2.33. The van der Waals surface area contributed by atoms with Crippen LogP contribution in [0.5, 0.6) is 0 Å². The Morgan fingerprint density at radius 1 is 1.00 bits per heavy atom. The van der Waals surface area contributed by atoms with Crippen molar-refractivity contribution in [3.8, 4) is 0 Å². The molecule has 2 aromatic rings. The van der Waals surface area contributed by atoms with E-state index >= 15 is 0 Å². The minimum atomic E-state index is -0.125. The van der Waals surface area contributed by atoms with Crippen molar-refractivity contribution in [1.29, 1.82) is 0 Å². The molecule has 1 aliphatic heterocycles. The van der Waals surface area contributed by atoms with E-state index in [0.717, 1.165) is 24.3 Å². The maximum absolute atomic E-state index is 13.0. The Morgan fingerprint density at radius 3 is 2.22 bits per heavy atom. The number of rotatable bonds is 4. The van der Waals surface area contributed by atoms with Crippen molar-refractivity contribution in [3.63, 3.8) is 0 Å². The van der Waals surface area contributed by atoms with E-state index in [2.05, 4.69) is 37.4 Å². The smallest absolute Gasteiger partial charge is 0.287 e. The normalized spacial score (nSPS) is 16.3. The Labute approximate surface area is 138 Å². The average Bonchev–Trinajstić information content (AvgIpc) is 3.01. The number of amides is 1. The third-order valence-electron chi connectivity index (χ3n) is 4.54. The molecule has 0 aliphatic carbocycles. The van der Waals surface area contributed by atoms with Crippen LogP contribution >= 0.6 is 0 Å². The van der Waals surface area contributed by atoms with Gasteiger partial charge in [-0.2, -0.15) is 0 Å². The Hall–Kier alpha value is -2.13. The Morgan fingerprint density at radius 2 is 1.61 bits per heavy atom. The number of aryl methyl sites for hydroxylation is 2. The Balaban J connectivity index is 1.85. The van der Waals surface area contributed by atoms with Gasteiger partial charge in [0.05, 0.1) is 13.1 Å². The van der Waals surface area contributed by atoms with E-state index in [9.17, 15) is 4.79 Å². The van der Waals surface area contributed by atoms with E-state index in [1.165, 1.54) is 28.9 Å². The quantitative estimate of drug-likeness (QED) is 0.894. The Bertz CT molecular complexity index is 655. The fourth-order valence-corrected chi connectivity index (χ4v) is 3.60. The molecule has 0 bridgehead atoms. The largest absolute Gasteiger partial charge is 0.321 e. The van der Waals surface area contributed by atoms with Gasteiger partial charge in [-0.1, -0.05) is 36.4 Å². The van der Waals surface area contributed by atoms with E-state index < -0.39 is 0 Å². The SMILES string of the molecule is Cc1cc(C)cc(NC(=O)[C@@H](c2ccccc2)[NH+]2CCCC2)c1. The molecule has 2 aromatic carbocycles. The molecule has 3 rings (SSSR count). The molecule has 1 aliphatic rings. The van der Waals surface area contributed by atoms with Crippen LogP contribution in [0.4, 0.5) is 5.69 Å². The zero-order valence-corrected chi connectivity index (χ0v) is 13.9. The van der Waals surface area contributed by atoms with Crippen molar-refractivity contribution in [2.75, 3.05) is 18.4 Å². The molecule has 1 atom stereocenters. The second-order valence-corrected chi connectivity index (χ2v) is 6.57. The molecule has 2 N–H and O–H groups in total. The maximum atomic E-state index is 13.0. The summed E-state index contributed by atoms with van der Waals surface area (Å²) in [5, 5.41) is 3.14. The lowest BCUT2D eigenvalue weighted by Gasteiger charge is -2.24. The molecule has 0 aromatic heterocycles. The van der Waals surface area contributed by atoms with E-state index in [-0.39, 0.29) is 11.9 Å². The molecule has 3 nitrogen and oxygen atoms in total. The summed E-state index contributed by atoms with van der Waals surface area (Å²) in [6, 6.07) is 16.2. The van der Waals surface area contributed by atoms with Crippen LogP contribution < -0.4 is 10.2 Å². The third kappa shape index (κ3) is 3.80. The van der Waals surface area contributed by atoms with Gasteiger partial charge in [-0.05, 0) is 37.1 Å². The molecule has 0 saturated carbocycles. The highest BCUT2D eigenvalue weighted by atomic mass is 16.2. The van der Waals surface area contributed by atoms with Crippen LogP contribution in [-0.2, 0) is 4.79 Å². The van der Waals surface area contributed by atoms with Crippen molar-refractivity contribution in [2.45, 2.75) is 32.7 Å². The molecule has 1 fully saturated rings. The van der Waals surface area contributed by atoms with Gasteiger partial charge in [-0.3, -0.25) is 4.79 Å². The first-order chi connectivity index (χ1) is 11.1. The predicted molar refractivity (Wildman–Crippen MR) is 93.7 cm³/mol. The third-order valence-corrected chi connectivity index (χ3v) is 4.54. The lowest BCUT2D eigenvalue weighted by Crippen LogP contribution is -3.11. The first-order valence-electron chi connectivity index (χ1n) is 8.42. The average molecular weight is 309 g/mol. The van der Waals surface area contributed by atoms with Crippen molar-refractivity contribution in [1.82, 2.24) is 0 Å². The summed E-state index contributed by atoms with van der Waals surface area (Å²) < 4.78 is 0. The minimum Gasteiger partial charge on any atom is -0.321 e. The summed E-state index contributed by atoms with van der Waals surface area (Å²) in [6.45, 7) is 6.26. The lowest BCUT2D eigenvalue weighted by atomic mass is 10.0. The number of likely N-dealkylation sites (tertiary alicyclic amines) is 1. The summed E-state index contributed by atoms with van der Waals surface area (Å²) in [5.41, 5.74) is 4.34. The second kappa shape index (κ2) is 6.97. The molecule has 0 radical (unpaired) electrons. The van der Waals surface area contributed by atoms with Gasteiger partial charge >= 0.3 is 0 Å². The molecule has 23 heavy (non-hydrogen) atoms. The maximum Gasteiger partial charge on any atom is 0.287 e. The number of carbonyl (C=O) groups excluding carboxylic acids is 1. The van der Waals surface area contributed by atoms with E-state index in [4.69, 9.17) is 0 Å². The van der Waals surface area contributed by atoms with Gasteiger partial charge < -0.3 is 10.2 Å². The molecule has 1 amide bonds. The first kappa shape index (κ1) is 15.8. The predicted octanol–water partition coefficient (Wildman–Crippen LogP) is 2.66. The van der Waals surface area contributed by atoms with E-state index in [1.54, 1.807) is 0 Å². The number of quaternary nitrogens is 1. The van der Waals surface area contributed by atoms with E-state index in [1.807, 2.05) is 30.3 Å². The van der Waals surface area contributed by atoms with Crippen LogP contribution in [0.25, 0.3) is 0 Å². The number of anilines is 1. The highest BCUT2D eigenvalue weighted by Crippen LogP contribution is 2.17. The summed E-state index contributed by atoms with van der Waals surface area (Å²) >= 11 is 0. The van der Waals surface area contributed by atoms with Crippen molar-refractivity contribution in [2.24, 2.45) is 0 Å². The molecule has 3 heteroatoms. The highest BCUT2D eigenvalue weighted by molar-refractivity contribution is 5.94.